The Morgan fingerprint density at radius 3 is 2.72 bits per heavy atom. The number of hydrogen-bond acceptors (Lipinski definition) is 5. The van der Waals surface area contributed by atoms with Crippen molar-refractivity contribution in [2.45, 2.75) is 19.4 Å². The maximum atomic E-state index is 11.8. The summed E-state index contributed by atoms with van der Waals surface area (Å²) in [4.78, 5) is 26.3. The van der Waals surface area contributed by atoms with Crippen molar-refractivity contribution in [1.82, 2.24) is 10.3 Å². The number of primary amides is 1. The minimum atomic E-state index is -0.485. The molecule has 7 nitrogen and oxygen atoms in total. The van der Waals surface area contributed by atoms with Gasteiger partial charge >= 0.3 is 0 Å². The van der Waals surface area contributed by atoms with Crippen molar-refractivity contribution in [3.05, 3.63) is 22.8 Å². The van der Waals surface area contributed by atoms with E-state index in [1.807, 2.05) is 0 Å². The van der Waals surface area contributed by atoms with Crippen LogP contribution in [0.4, 0.5) is 5.82 Å². The van der Waals surface area contributed by atoms with E-state index in [1.165, 1.54) is 12.3 Å². The Kier molecular flexibility index (Phi) is 4.87. The van der Waals surface area contributed by atoms with E-state index in [4.69, 9.17) is 23.2 Å². The monoisotopic (exact) mass is 271 g/mol. The fourth-order valence-electron chi connectivity index (χ4n) is 1.33. The lowest BCUT2D eigenvalue weighted by molar-refractivity contribution is -0.118. The lowest BCUT2D eigenvalue weighted by Crippen LogP contribution is -2.35. The third-order valence-electron chi connectivity index (χ3n) is 2.12. The Bertz CT molecular complexity index is 466. The molecule has 1 aromatic rings. The number of hydrogen-bond donors (Lipinski definition) is 4. The lowest BCUT2D eigenvalue weighted by atomic mass is 10.2. The first-order valence-corrected chi connectivity index (χ1v) is 5.53. The second-order valence-corrected chi connectivity index (χ2v) is 4.15. The van der Waals surface area contributed by atoms with Gasteiger partial charge in [0.05, 0.1) is 10.6 Å². The zero-order valence-electron chi connectivity index (χ0n) is 9.74. The standard InChI is InChI=1S/C10H14ClN5O2/c1-5(2-8(12)17)15-10(18)6-3-7(11)9(16-13)14-4-6/h3-5H,2,13H2,1H3,(H2,12,17)(H,14,16)(H,15,18). The number of pyridine rings is 1. The maximum absolute atomic E-state index is 11.8. The van der Waals surface area contributed by atoms with Crippen LogP contribution in [0.1, 0.15) is 23.7 Å². The van der Waals surface area contributed by atoms with Gasteiger partial charge in [0.25, 0.3) is 5.91 Å². The van der Waals surface area contributed by atoms with Gasteiger partial charge in [-0.25, -0.2) is 10.8 Å². The van der Waals surface area contributed by atoms with E-state index in [0.717, 1.165) is 0 Å². The highest BCUT2D eigenvalue weighted by atomic mass is 35.5. The Hall–Kier alpha value is -1.86. The zero-order valence-corrected chi connectivity index (χ0v) is 10.5. The number of amides is 2. The van der Waals surface area contributed by atoms with Crippen molar-refractivity contribution in [2.75, 3.05) is 5.43 Å². The highest BCUT2D eigenvalue weighted by Gasteiger charge is 2.13. The summed E-state index contributed by atoms with van der Waals surface area (Å²) in [6, 6.07) is 1.07. The van der Waals surface area contributed by atoms with Gasteiger partial charge in [0.2, 0.25) is 5.91 Å². The van der Waals surface area contributed by atoms with Crippen LogP contribution in [0.2, 0.25) is 5.02 Å². The average molecular weight is 272 g/mol. The maximum Gasteiger partial charge on any atom is 0.253 e. The van der Waals surface area contributed by atoms with E-state index >= 15 is 0 Å². The Morgan fingerprint density at radius 1 is 1.56 bits per heavy atom. The third-order valence-corrected chi connectivity index (χ3v) is 2.41. The molecule has 0 aromatic carbocycles. The van der Waals surface area contributed by atoms with Crippen LogP contribution >= 0.6 is 11.6 Å². The normalized spacial score (nSPS) is 11.7. The molecule has 1 atom stereocenters. The van der Waals surface area contributed by atoms with Crippen molar-refractivity contribution in [3.63, 3.8) is 0 Å². The molecule has 0 saturated heterocycles. The molecule has 0 aliphatic carbocycles. The van der Waals surface area contributed by atoms with Gasteiger partial charge in [-0.1, -0.05) is 11.6 Å². The van der Waals surface area contributed by atoms with Crippen molar-refractivity contribution in [2.24, 2.45) is 11.6 Å². The number of anilines is 1. The average Bonchev–Trinajstić information content (AvgIpc) is 2.27. The second-order valence-electron chi connectivity index (χ2n) is 3.74. The molecule has 18 heavy (non-hydrogen) atoms. The van der Waals surface area contributed by atoms with E-state index in [-0.39, 0.29) is 34.8 Å². The minimum Gasteiger partial charge on any atom is -0.370 e. The number of nitrogens with two attached hydrogens (primary N) is 2. The molecule has 0 aliphatic heterocycles. The number of hydrazine groups is 1. The molecule has 98 valence electrons. The smallest absolute Gasteiger partial charge is 0.253 e. The van der Waals surface area contributed by atoms with Gasteiger partial charge in [0, 0.05) is 18.7 Å². The second kappa shape index (κ2) is 6.18. The van der Waals surface area contributed by atoms with Crippen molar-refractivity contribution < 1.29 is 9.59 Å². The van der Waals surface area contributed by atoms with Gasteiger partial charge in [-0.3, -0.25) is 9.59 Å². The summed E-state index contributed by atoms with van der Waals surface area (Å²) >= 11 is 5.84. The number of nitrogens with one attached hydrogen (secondary N) is 2. The van der Waals surface area contributed by atoms with Gasteiger partial charge in [0.15, 0.2) is 5.82 Å². The van der Waals surface area contributed by atoms with Crippen LogP contribution in [0, 0.1) is 0 Å². The van der Waals surface area contributed by atoms with Crippen LogP contribution in [-0.2, 0) is 4.79 Å². The summed E-state index contributed by atoms with van der Waals surface area (Å²) in [6.07, 6.45) is 1.39. The Balaban J connectivity index is 2.72. The fourth-order valence-corrected chi connectivity index (χ4v) is 1.55. The summed E-state index contributed by atoms with van der Waals surface area (Å²) < 4.78 is 0. The highest BCUT2D eigenvalue weighted by molar-refractivity contribution is 6.33. The molecule has 2 amide bonds. The van der Waals surface area contributed by atoms with Gasteiger partial charge in [-0.15, -0.1) is 0 Å². The summed E-state index contributed by atoms with van der Waals surface area (Å²) in [6.45, 7) is 1.67. The first-order chi connectivity index (χ1) is 8.43. The molecule has 1 rings (SSSR count). The molecule has 0 saturated carbocycles. The van der Waals surface area contributed by atoms with Crippen LogP contribution < -0.4 is 22.3 Å². The first kappa shape index (κ1) is 14.2. The summed E-state index contributed by atoms with van der Waals surface area (Å²) in [5.41, 5.74) is 7.59. The lowest BCUT2D eigenvalue weighted by Gasteiger charge is -2.12. The molecular formula is C10H14ClN5O2. The SMILES string of the molecule is CC(CC(N)=O)NC(=O)c1cnc(NN)c(Cl)c1. The molecule has 1 aromatic heterocycles. The van der Waals surface area contributed by atoms with Crippen LogP contribution in [0.25, 0.3) is 0 Å². The Morgan fingerprint density at radius 2 is 2.22 bits per heavy atom. The third kappa shape index (κ3) is 3.86. The van der Waals surface area contributed by atoms with E-state index in [1.54, 1.807) is 6.92 Å². The van der Waals surface area contributed by atoms with Gasteiger partial charge in [0.1, 0.15) is 0 Å². The van der Waals surface area contributed by atoms with E-state index < -0.39 is 5.91 Å². The number of carbonyl (C=O) groups excluding carboxylic acids is 2. The van der Waals surface area contributed by atoms with Gasteiger partial charge in [-0.2, -0.15) is 0 Å². The zero-order chi connectivity index (χ0) is 13.7. The van der Waals surface area contributed by atoms with Crippen LogP contribution in [0.15, 0.2) is 12.3 Å². The summed E-state index contributed by atoms with van der Waals surface area (Å²) in [7, 11) is 0. The molecule has 6 N–H and O–H groups in total. The molecule has 0 spiro atoms. The van der Waals surface area contributed by atoms with Crippen molar-refractivity contribution in [3.8, 4) is 0 Å². The summed E-state index contributed by atoms with van der Waals surface area (Å²) in [5, 5.41) is 2.83. The number of nitrogens with zero attached hydrogens (tertiary/aromatic N) is 1. The minimum absolute atomic E-state index is 0.0648. The molecule has 0 bridgehead atoms. The van der Waals surface area contributed by atoms with Crippen LogP contribution in [-0.4, -0.2) is 22.8 Å². The largest absolute Gasteiger partial charge is 0.370 e. The fraction of sp³-hybridized carbons (Fsp3) is 0.300. The van der Waals surface area contributed by atoms with E-state index in [9.17, 15) is 9.59 Å². The van der Waals surface area contributed by atoms with Crippen molar-refractivity contribution >= 4 is 29.2 Å². The number of halogens is 1. The molecular weight excluding hydrogens is 258 g/mol. The number of carbonyl (C=O) groups is 2. The molecule has 1 unspecified atom stereocenters. The molecule has 0 fully saturated rings. The van der Waals surface area contributed by atoms with Gasteiger partial charge < -0.3 is 16.5 Å². The predicted octanol–water partition coefficient (Wildman–Crippen LogP) is 0.0143. The van der Waals surface area contributed by atoms with Crippen molar-refractivity contribution in [1.29, 1.82) is 0 Å². The predicted molar refractivity (Wildman–Crippen MR) is 67.8 cm³/mol. The highest BCUT2D eigenvalue weighted by Crippen LogP contribution is 2.18. The van der Waals surface area contributed by atoms with Gasteiger partial charge in [-0.05, 0) is 13.0 Å². The number of rotatable bonds is 5. The van der Waals surface area contributed by atoms with E-state index in [2.05, 4.69) is 15.7 Å². The number of aromatic nitrogens is 1. The molecule has 0 radical (unpaired) electrons. The van der Waals surface area contributed by atoms with E-state index in [0.29, 0.717) is 0 Å². The summed E-state index contributed by atoms with van der Waals surface area (Å²) in [5.74, 6) is 4.57. The van der Waals surface area contributed by atoms with Crippen LogP contribution in [0.5, 0.6) is 0 Å². The molecule has 8 heteroatoms. The molecule has 0 aliphatic rings. The number of nitrogen functional groups attached to an aromatic ring is 1. The first-order valence-electron chi connectivity index (χ1n) is 5.15. The van der Waals surface area contributed by atoms with Crippen LogP contribution in [0.3, 0.4) is 0 Å². The molecule has 1 heterocycles. The quantitative estimate of drug-likeness (QED) is 0.444. The topological polar surface area (TPSA) is 123 Å². The Labute approximate surface area is 109 Å².